The highest BCUT2D eigenvalue weighted by atomic mass is 16.3. The van der Waals surface area contributed by atoms with Gasteiger partial charge in [-0.05, 0) is 51.2 Å². The molecule has 94 valence electrons. The van der Waals surface area contributed by atoms with Crippen molar-refractivity contribution >= 4 is 0 Å². The highest BCUT2D eigenvalue weighted by Gasteiger charge is 2.47. The molecule has 0 fully saturated rings. The second kappa shape index (κ2) is 4.11. The van der Waals surface area contributed by atoms with Crippen LogP contribution in [0.15, 0.2) is 18.2 Å². The van der Waals surface area contributed by atoms with Gasteiger partial charge < -0.3 is 10.8 Å². The summed E-state index contributed by atoms with van der Waals surface area (Å²) in [7, 11) is 0. The van der Waals surface area contributed by atoms with Crippen molar-refractivity contribution in [3.8, 4) is 0 Å². The van der Waals surface area contributed by atoms with Crippen LogP contribution in [0.1, 0.15) is 43.4 Å². The van der Waals surface area contributed by atoms with E-state index in [2.05, 4.69) is 39.0 Å². The lowest BCUT2D eigenvalue weighted by molar-refractivity contribution is 0.175. The zero-order valence-electron chi connectivity index (χ0n) is 11.1. The van der Waals surface area contributed by atoms with Crippen LogP contribution in [-0.2, 0) is 11.8 Å². The van der Waals surface area contributed by atoms with E-state index in [9.17, 15) is 5.11 Å². The Labute approximate surface area is 104 Å². The second-order valence-corrected chi connectivity index (χ2v) is 5.94. The van der Waals surface area contributed by atoms with Gasteiger partial charge in [0.1, 0.15) is 0 Å². The first-order valence-electron chi connectivity index (χ1n) is 6.40. The van der Waals surface area contributed by atoms with Gasteiger partial charge in [0.25, 0.3) is 0 Å². The Balaban J connectivity index is 2.56. The summed E-state index contributed by atoms with van der Waals surface area (Å²) in [5.74, 6) is 0. The molecule has 17 heavy (non-hydrogen) atoms. The van der Waals surface area contributed by atoms with E-state index in [0.29, 0.717) is 0 Å². The summed E-state index contributed by atoms with van der Waals surface area (Å²) >= 11 is 0. The van der Waals surface area contributed by atoms with Gasteiger partial charge in [0.2, 0.25) is 0 Å². The van der Waals surface area contributed by atoms with Gasteiger partial charge in [0.15, 0.2) is 0 Å². The molecule has 2 nitrogen and oxygen atoms in total. The molecule has 0 heterocycles. The van der Waals surface area contributed by atoms with Crippen LogP contribution in [0.2, 0.25) is 0 Å². The Kier molecular flexibility index (Phi) is 3.04. The summed E-state index contributed by atoms with van der Waals surface area (Å²) in [4.78, 5) is 0. The van der Waals surface area contributed by atoms with Crippen LogP contribution in [0.4, 0.5) is 0 Å². The smallest absolute Gasteiger partial charge is 0.0440 e. The van der Waals surface area contributed by atoms with E-state index in [-0.39, 0.29) is 17.6 Å². The molecule has 0 saturated carbocycles. The predicted octanol–water partition coefficient (Wildman–Crippen LogP) is 2.30. The third-order valence-electron chi connectivity index (χ3n) is 4.37. The lowest BCUT2D eigenvalue weighted by atomic mass is 9.66. The molecule has 0 saturated heterocycles. The lowest BCUT2D eigenvalue weighted by Crippen LogP contribution is -2.53. The third kappa shape index (κ3) is 1.90. The topological polar surface area (TPSA) is 46.2 Å². The van der Waals surface area contributed by atoms with Gasteiger partial charge in [-0.2, -0.15) is 0 Å². The molecular formula is C15H23NO. The van der Waals surface area contributed by atoms with Crippen LogP contribution in [-0.4, -0.2) is 17.3 Å². The minimum Gasteiger partial charge on any atom is -0.396 e. The maximum absolute atomic E-state index is 9.39. The molecule has 2 heteroatoms. The SMILES string of the molecule is Cc1ccc2c(c1)C(CCO)(C(C)(C)N)CC2. The summed E-state index contributed by atoms with van der Waals surface area (Å²) in [5, 5.41) is 9.39. The molecule has 1 aliphatic carbocycles. The lowest BCUT2D eigenvalue weighted by Gasteiger charge is -2.42. The van der Waals surface area contributed by atoms with Crippen molar-refractivity contribution in [2.45, 2.75) is 51.0 Å². The molecule has 3 N–H and O–H groups in total. The van der Waals surface area contributed by atoms with Gasteiger partial charge in [-0.1, -0.05) is 23.8 Å². The number of nitrogens with two attached hydrogens (primary N) is 1. The van der Waals surface area contributed by atoms with E-state index >= 15 is 0 Å². The largest absolute Gasteiger partial charge is 0.396 e. The number of benzene rings is 1. The van der Waals surface area contributed by atoms with Crippen molar-refractivity contribution in [3.05, 3.63) is 34.9 Å². The molecule has 1 unspecified atom stereocenters. The van der Waals surface area contributed by atoms with Crippen molar-refractivity contribution < 1.29 is 5.11 Å². The Morgan fingerprint density at radius 1 is 1.41 bits per heavy atom. The molecule has 0 bridgehead atoms. The van der Waals surface area contributed by atoms with Crippen molar-refractivity contribution in [3.63, 3.8) is 0 Å². The standard InChI is InChI=1S/C15H23NO/c1-11-4-5-12-6-7-15(8-9-17,13(12)10-11)14(2,3)16/h4-5,10,17H,6-9,16H2,1-3H3. The molecule has 0 radical (unpaired) electrons. The first-order valence-corrected chi connectivity index (χ1v) is 6.40. The van der Waals surface area contributed by atoms with Crippen LogP contribution in [0.5, 0.6) is 0 Å². The maximum Gasteiger partial charge on any atom is 0.0440 e. The zero-order valence-corrected chi connectivity index (χ0v) is 11.1. The van der Waals surface area contributed by atoms with Gasteiger partial charge in [-0.15, -0.1) is 0 Å². The van der Waals surface area contributed by atoms with Crippen molar-refractivity contribution in [1.82, 2.24) is 0 Å². The number of fused-ring (bicyclic) bond motifs is 1. The van der Waals surface area contributed by atoms with E-state index in [1.165, 1.54) is 16.7 Å². The Hall–Kier alpha value is -0.860. The van der Waals surface area contributed by atoms with Gasteiger partial charge in [0.05, 0.1) is 0 Å². The highest BCUT2D eigenvalue weighted by molar-refractivity contribution is 5.44. The van der Waals surface area contributed by atoms with Crippen LogP contribution in [0.3, 0.4) is 0 Å². The van der Waals surface area contributed by atoms with Crippen molar-refractivity contribution in [1.29, 1.82) is 0 Å². The molecule has 0 amide bonds. The van der Waals surface area contributed by atoms with Crippen molar-refractivity contribution in [2.75, 3.05) is 6.61 Å². The third-order valence-corrected chi connectivity index (χ3v) is 4.37. The number of aliphatic hydroxyl groups is 1. The molecule has 2 rings (SSSR count). The fraction of sp³-hybridized carbons (Fsp3) is 0.600. The molecule has 1 aliphatic rings. The van der Waals surface area contributed by atoms with Crippen LogP contribution < -0.4 is 5.73 Å². The molecule has 0 spiro atoms. The minimum atomic E-state index is -0.297. The molecule has 1 atom stereocenters. The van der Waals surface area contributed by atoms with Crippen molar-refractivity contribution in [2.24, 2.45) is 5.73 Å². The van der Waals surface area contributed by atoms with Crippen LogP contribution in [0.25, 0.3) is 0 Å². The van der Waals surface area contributed by atoms with Crippen LogP contribution in [0, 0.1) is 6.92 Å². The monoisotopic (exact) mass is 233 g/mol. The average molecular weight is 233 g/mol. The predicted molar refractivity (Wildman–Crippen MR) is 71.1 cm³/mol. The summed E-state index contributed by atoms with van der Waals surface area (Å²) in [6, 6.07) is 6.64. The number of rotatable bonds is 3. The van der Waals surface area contributed by atoms with E-state index < -0.39 is 0 Å². The maximum atomic E-state index is 9.39. The fourth-order valence-electron chi connectivity index (χ4n) is 3.28. The zero-order chi connectivity index (χ0) is 12.7. The first kappa shape index (κ1) is 12.6. The quantitative estimate of drug-likeness (QED) is 0.841. The van der Waals surface area contributed by atoms with E-state index in [1.54, 1.807) is 0 Å². The number of hydrogen-bond acceptors (Lipinski definition) is 2. The van der Waals surface area contributed by atoms with E-state index in [4.69, 9.17) is 5.73 Å². The van der Waals surface area contributed by atoms with Gasteiger partial charge in [-0.3, -0.25) is 0 Å². The van der Waals surface area contributed by atoms with E-state index in [0.717, 1.165) is 19.3 Å². The van der Waals surface area contributed by atoms with Gasteiger partial charge in [0, 0.05) is 17.6 Å². The molecule has 0 aliphatic heterocycles. The molecule has 0 aromatic heterocycles. The molecule has 1 aromatic rings. The summed E-state index contributed by atoms with van der Waals surface area (Å²) in [6.45, 7) is 6.49. The summed E-state index contributed by atoms with van der Waals surface area (Å²) < 4.78 is 0. The van der Waals surface area contributed by atoms with E-state index in [1.807, 2.05) is 0 Å². The van der Waals surface area contributed by atoms with Gasteiger partial charge >= 0.3 is 0 Å². The first-order chi connectivity index (χ1) is 7.90. The number of aryl methyl sites for hydroxylation is 2. The highest BCUT2D eigenvalue weighted by Crippen LogP contribution is 2.47. The molecule has 1 aromatic carbocycles. The van der Waals surface area contributed by atoms with Gasteiger partial charge in [-0.25, -0.2) is 0 Å². The number of hydrogen-bond donors (Lipinski definition) is 2. The normalized spacial score (nSPS) is 23.8. The Bertz CT molecular complexity index is 415. The van der Waals surface area contributed by atoms with Crippen LogP contribution >= 0.6 is 0 Å². The second-order valence-electron chi connectivity index (χ2n) is 5.94. The average Bonchev–Trinajstić information content (AvgIpc) is 2.58. The minimum absolute atomic E-state index is 0.0664. The Morgan fingerprint density at radius 3 is 2.71 bits per heavy atom. The summed E-state index contributed by atoms with van der Waals surface area (Å²) in [5.41, 5.74) is 10.1. The molecular weight excluding hydrogens is 210 g/mol. The Morgan fingerprint density at radius 2 is 2.12 bits per heavy atom. The fourth-order valence-corrected chi connectivity index (χ4v) is 3.28. The summed E-state index contributed by atoms with van der Waals surface area (Å²) in [6.07, 6.45) is 2.89. The number of aliphatic hydroxyl groups excluding tert-OH is 1.